The first-order chi connectivity index (χ1) is 9.61. The van der Waals surface area contributed by atoms with Gasteiger partial charge in [0.05, 0.1) is 18.4 Å². The number of hydrogen-bond donors (Lipinski definition) is 1. The molecule has 2 amide bonds. The molecule has 2 aliphatic rings. The van der Waals surface area contributed by atoms with Gasteiger partial charge < -0.3 is 5.73 Å². The molecular formula is C15H17FN2O2. The maximum absolute atomic E-state index is 13.4. The first kappa shape index (κ1) is 13.2. The molecule has 20 heavy (non-hydrogen) atoms. The van der Waals surface area contributed by atoms with Gasteiger partial charge in [-0.05, 0) is 30.5 Å². The lowest BCUT2D eigenvalue weighted by Crippen LogP contribution is -2.31. The van der Waals surface area contributed by atoms with Gasteiger partial charge in [0, 0.05) is 12.1 Å². The van der Waals surface area contributed by atoms with Crippen molar-refractivity contribution in [2.75, 3.05) is 0 Å². The van der Waals surface area contributed by atoms with Crippen LogP contribution < -0.4 is 5.73 Å². The monoisotopic (exact) mass is 276 g/mol. The number of carbonyl (C=O) groups excluding carboxylic acids is 2. The Hall–Kier alpha value is -1.75. The predicted molar refractivity (Wildman–Crippen MR) is 70.7 cm³/mol. The summed E-state index contributed by atoms with van der Waals surface area (Å²) in [6.07, 6.45) is 2.57. The number of amides is 2. The molecule has 106 valence electrons. The molecule has 1 heterocycles. The number of halogens is 1. The lowest BCUT2D eigenvalue weighted by Gasteiger charge is -2.16. The lowest BCUT2D eigenvalue weighted by molar-refractivity contribution is -0.141. The third-order valence-electron chi connectivity index (χ3n) is 4.35. The first-order valence-electron chi connectivity index (χ1n) is 6.94. The number of hydrogen-bond acceptors (Lipinski definition) is 3. The molecule has 1 aromatic carbocycles. The van der Waals surface area contributed by atoms with Gasteiger partial charge >= 0.3 is 0 Å². The van der Waals surface area contributed by atoms with Crippen LogP contribution in [0.15, 0.2) is 18.2 Å². The van der Waals surface area contributed by atoms with Gasteiger partial charge in [-0.15, -0.1) is 0 Å². The first-order valence-corrected chi connectivity index (χ1v) is 6.94. The molecule has 0 spiro atoms. The Morgan fingerprint density at radius 2 is 1.85 bits per heavy atom. The minimum absolute atomic E-state index is 0.0730. The number of carbonyl (C=O) groups is 2. The Labute approximate surface area is 116 Å². The van der Waals surface area contributed by atoms with E-state index >= 15 is 0 Å². The van der Waals surface area contributed by atoms with E-state index in [0.29, 0.717) is 5.56 Å². The molecule has 1 aromatic rings. The highest BCUT2D eigenvalue weighted by atomic mass is 19.1. The van der Waals surface area contributed by atoms with Crippen LogP contribution in [0, 0.1) is 17.7 Å². The number of benzene rings is 1. The lowest BCUT2D eigenvalue weighted by atomic mass is 10.00. The Bertz CT molecular complexity index is 551. The second-order valence-corrected chi connectivity index (χ2v) is 5.54. The van der Waals surface area contributed by atoms with E-state index in [0.717, 1.165) is 24.8 Å². The van der Waals surface area contributed by atoms with Crippen molar-refractivity contribution in [3.63, 3.8) is 0 Å². The maximum atomic E-state index is 13.4. The van der Waals surface area contributed by atoms with Gasteiger partial charge in [0.1, 0.15) is 5.82 Å². The number of fused-ring (bicyclic) bond motifs is 1. The number of nitrogens with zero attached hydrogens (tertiary/aromatic N) is 1. The van der Waals surface area contributed by atoms with Crippen LogP contribution in [-0.2, 0) is 22.7 Å². The van der Waals surface area contributed by atoms with Gasteiger partial charge in [-0.3, -0.25) is 14.5 Å². The largest absolute Gasteiger partial charge is 0.326 e. The van der Waals surface area contributed by atoms with Gasteiger partial charge in [0.25, 0.3) is 0 Å². The molecule has 1 saturated carbocycles. The summed E-state index contributed by atoms with van der Waals surface area (Å²) in [6.45, 7) is 0.324. The average molecular weight is 276 g/mol. The van der Waals surface area contributed by atoms with Crippen LogP contribution in [0.1, 0.15) is 30.4 Å². The molecule has 1 aliphatic carbocycles. The van der Waals surface area contributed by atoms with Crippen molar-refractivity contribution in [3.05, 3.63) is 35.1 Å². The van der Waals surface area contributed by atoms with Crippen LogP contribution in [0.2, 0.25) is 0 Å². The molecule has 0 bridgehead atoms. The second kappa shape index (κ2) is 4.98. The fraction of sp³-hybridized carbons (Fsp3) is 0.467. The molecule has 1 aliphatic heterocycles. The van der Waals surface area contributed by atoms with E-state index in [2.05, 4.69) is 0 Å². The third-order valence-corrected chi connectivity index (χ3v) is 4.35. The van der Waals surface area contributed by atoms with E-state index in [1.807, 2.05) is 0 Å². The maximum Gasteiger partial charge on any atom is 0.233 e. The number of rotatable bonds is 3. The van der Waals surface area contributed by atoms with E-state index in [1.165, 1.54) is 11.0 Å². The summed E-state index contributed by atoms with van der Waals surface area (Å²) >= 11 is 0. The summed E-state index contributed by atoms with van der Waals surface area (Å²) in [6, 6.07) is 4.57. The van der Waals surface area contributed by atoms with Crippen LogP contribution >= 0.6 is 0 Å². The topological polar surface area (TPSA) is 63.4 Å². The second-order valence-electron chi connectivity index (χ2n) is 5.54. The molecule has 2 atom stereocenters. The molecule has 4 nitrogen and oxygen atoms in total. The van der Waals surface area contributed by atoms with E-state index in [1.54, 1.807) is 12.1 Å². The molecule has 2 unspecified atom stereocenters. The molecule has 3 rings (SSSR count). The molecule has 2 N–H and O–H groups in total. The number of imide groups is 1. The molecule has 0 aromatic heterocycles. The van der Waals surface area contributed by atoms with E-state index < -0.39 is 0 Å². The van der Waals surface area contributed by atoms with E-state index in [4.69, 9.17) is 5.73 Å². The van der Waals surface area contributed by atoms with Crippen LogP contribution in [0.3, 0.4) is 0 Å². The Morgan fingerprint density at radius 1 is 1.20 bits per heavy atom. The van der Waals surface area contributed by atoms with Crippen molar-refractivity contribution >= 4 is 11.8 Å². The predicted octanol–water partition coefficient (Wildman–Crippen LogP) is 1.57. The quantitative estimate of drug-likeness (QED) is 0.852. The van der Waals surface area contributed by atoms with Crippen molar-refractivity contribution in [2.45, 2.75) is 32.4 Å². The SMILES string of the molecule is NCc1cc(CN2C(=O)C3CCCC3C2=O)ccc1F. The Morgan fingerprint density at radius 3 is 2.45 bits per heavy atom. The van der Waals surface area contributed by atoms with Gasteiger partial charge in [0.2, 0.25) is 11.8 Å². The van der Waals surface area contributed by atoms with Crippen LogP contribution in [0.5, 0.6) is 0 Å². The summed E-state index contributed by atoms with van der Waals surface area (Å²) in [5, 5.41) is 0. The minimum Gasteiger partial charge on any atom is -0.326 e. The molecular weight excluding hydrogens is 259 g/mol. The number of nitrogens with two attached hydrogens (primary N) is 1. The molecule has 1 saturated heterocycles. The highest BCUT2D eigenvalue weighted by Gasteiger charge is 2.49. The van der Waals surface area contributed by atoms with Crippen LogP contribution in [0.25, 0.3) is 0 Å². The average Bonchev–Trinajstić information content (AvgIpc) is 3.01. The van der Waals surface area contributed by atoms with Crippen molar-refractivity contribution in [2.24, 2.45) is 17.6 Å². The zero-order valence-corrected chi connectivity index (χ0v) is 11.1. The molecule has 2 fully saturated rings. The van der Waals surface area contributed by atoms with Crippen molar-refractivity contribution in [1.29, 1.82) is 0 Å². The fourth-order valence-electron chi connectivity index (χ4n) is 3.28. The zero-order valence-electron chi connectivity index (χ0n) is 11.1. The van der Waals surface area contributed by atoms with Crippen molar-refractivity contribution in [3.8, 4) is 0 Å². The summed E-state index contributed by atoms with van der Waals surface area (Å²) in [7, 11) is 0. The smallest absolute Gasteiger partial charge is 0.233 e. The highest BCUT2D eigenvalue weighted by Crippen LogP contribution is 2.40. The summed E-state index contributed by atoms with van der Waals surface area (Å²) in [4.78, 5) is 25.8. The standard InChI is InChI=1S/C15H17FN2O2/c16-13-5-4-9(6-10(13)7-17)8-18-14(19)11-2-1-3-12(11)15(18)20/h4-6,11-12H,1-3,7-8,17H2. The normalized spacial score (nSPS) is 25.4. The summed E-state index contributed by atoms with van der Waals surface area (Å²) in [5.74, 6) is -0.756. The Balaban J connectivity index is 1.81. The van der Waals surface area contributed by atoms with E-state index in [9.17, 15) is 14.0 Å². The van der Waals surface area contributed by atoms with Crippen molar-refractivity contribution < 1.29 is 14.0 Å². The van der Waals surface area contributed by atoms with E-state index in [-0.39, 0.29) is 42.6 Å². The van der Waals surface area contributed by atoms with Gasteiger partial charge in [-0.1, -0.05) is 12.5 Å². The molecule has 5 heteroatoms. The van der Waals surface area contributed by atoms with Gasteiger partial charge in [-0.25, -0.2) is 4.39 Å². The highest BCUT2D eigenvalue weighted by molar-refractivity contribution is 6.05. The fourth-order valence-corrected chi connectivity index (χ4v) is 3.28. The van der Waals surface area contributed by atoms with Crippen molar-refractivity contribution in [1.82, 2.24) is 4.90 Å². The van der Waals surface area contributed by atoms with Gasteiger partial charge in [-0.2, -0.15) is 0 Å². The third kappa shape index (κ3) is 2.02. The number of likely N-dealkylation sites (tertiary alicyclic amines) is 1. The van der Waals surface area contributed by atoms with Gasteiger partial charge in [0.15, 0.2) is 0 Å². The summed E-state index contributed by atoms with van der Waals surface area (Å²) < 4.78 is 13.4. The van der Waals surface area contributed by atoms with Crippen LogP contribution in [0.4, 0.5) is 4.39 Å². The summed E-state index contributed by atoms with van der Waals surface area (Å²) in [5.41, 5.74) is 6.62. The minimum atomic E-state index is -0.354. The Kier molecular flexibility index (Phi) is 3.30. The zero-order chi connectivity index (χ0) is 14.3. The molecule has 0 radical (unpaired) electrons. The van der Waals surface area contributed by atoms with Crippen LogP contribution in [-0.4, -0.2) is 16.7 Å².